The first kappa shape index (κ1) is 27.3. The van der Waals surface area contributed by atoms with Crippen LogP contribution in [0.5, 0.6) is 0 Å². The van der Waals surface area contributed by atoms with Crippen molar-refractivity contribution in [3.8, 4) is 0 Å². The van der Waals surface area contributed by atoms with Gasteiger partial charge in [-0.15, -0.1) is 0 Å². The number of rotatable bonds is 4. The fourth-order valence-corrected chi connectivity index (χ4v) is 4.40. The maximum absolute atomic E-state index is 5.52. The molecule has 0 aliphatic heterocycles. The predicted octanol–water partition coefficient (Wildman–Crippen LogP) is 10.4. The van der Waals surface area contributed by atoms with Crippen molar-refractivity contribution in [1.29, 1.82) is 0 Å². The summed E-state index contributed by atoms with van der Waals surface area (Å²) in [6, 6.07) is 0. The number of ether oxygens (including phenoxy) is 1. The highest BCUT2D eigenvalue weighted by Gasteiger charge is 2.38. The van der Waals surface area contributed by atoms with Crippen LogP contribution in [0.3, 0.4) is 0 Å². The standard InChI is InChI=1S/C12H24.C6H4Br6O/c1-2-4-6-8-10-12-11-9-7-5-3-1;1-3(7)5(9,10)13-6(11,12)4(2)8/h1-12H2;1-2H2. The summed E-state index contributed by atoms with van der Waals surface area (Å²) in [5.41, 5.74) is 0. The second-order valence-corrected chi connectivity index (χ2v) is 14.7. The van der Waals surface area contributed by atoms with Crippen LogP contribution < -0.4 is 0 Å². The lowest BCUT2D eigenvalue weighted by atomic mass is 10.0. The van der Waals surface area contributed by atoms with Crippen molar-refractivity contribution in [2.24, 2.45) is 0 Å². The van der Waals surface area contributed by atoms with Crippen molar-refractivity contribution >= 4 is 95.6 Å². The Morgan fingerprint density at radius 1 is 0.520 bits per heavy atom. The Hall–Kier alpha value is 2.32. The zero-order valence-electron chi connectivity index (χ0n) is 14.6. The molecular formula is C18H28Br6O. The monoisotopic (exact) mass is 734 g/mol. The molecule has 0 aromatic carbocycles. The minimum absolute atomic E-state index is 0.594. The van der Waals surface area contributed by atoms with Crippen LogP contribution in [-0.2, 0) is 4.74 Å². The lowest BCUT2D eigenvalue weighted by molar-refractivity contribution is 0.118. The number of hydrogen-bond acceptors (Lipinski definition) is 1. The van der Waals surface area contributed by atoms with E-state index in [4.69, 9.17) is 4.74 Å². The minimum atomic E-state index is -0.871. The fourth-order valence-electron chi connectivity index (χ4n) is 2.39. The van der Waals surface area contributed by atoms with Gasteiger partial charge in [0.25, 0.3) is 0 Å². The molecule has 7 heteroatoms. The lowest BCUT2D eigenvalue weighted by Gasteiger charge is -2.29. The van der Waals surface area contributed by atoms with Gasteiger partial charge in [-0.3, -0.25) is 0 Å². The van der Waals surface area contributed by atoms with Gasteiger partial charge in [0.2, 0.25) is 6.84 Å². The van der Waals surface area contributed by atoms with Crippen LogP contribution in [0.4, 0.5) is 0 Å². The van der Waals surface area contributed by atoms with Crippen molar-refractivity contribution < 1.29 is 4.74 Å². The zero-order chi connectivity index (χ0) is 19.3. The first-order valence-corrected chi connectivity index (χ1v) is 13.5. The normalized spacial score (nSPS) is 18.2. The van der Waals surface area contributed by atoms with Crippen LogP contribution in [-0.4, -0.2) is 6.84 Å². The second-order valence-electron chi connectivity index (χ2n) is 6.19. The Morgan fingerprint density at radius 3 is 0.800 bits per heavy atom. The van der Waals surface area contributed by atoms with Gasteiger partial charge in [0.05, 0.1) is 0 Å². The fraction of sp³-hybridized carbons (Fsp3) is 0.778. The van der Waals surface area contributed by atoms with E-state index in [1.807, 2.05) is 0 Å². The molecule has 0 radical (unpaired) electrons. The van der Waals surface area contributed by atoms with Gasteiger partial charge in [-0.25, -0.2) is 0 Å². The van der Waals surface area contributed by atoms with Crippen LogP contribution in [0, 0.1) is 0 Å². The molecular weight excluding hydrogens is 712 g/mol. The predicted molar refractivity (Wildman–Crippen MR) is 134 cm³/mol. The van der Waals surface area contributed by atoms with E-state index < -0.39 is 6.84 Å². The lowest BCUT2D eigenvalue weighted by Crippen LogP contribution is -2.27. The Bertz CT molecular complexity index is 328. The molecule has 1 saturated carbocycles. The van der Waals surface area contributed by atoms with Gasteiger partial charge in [0.1, 0.15) is 0 Å². The maximum atomic E-state index is 5.52. The summed E-state index contributed by atoms with van der Waals surface area (Å²) in [7, 11) is 0. The minimum Gasteiger partial charge on any atom is -0.316 e. The van der Waals surface area contributed by atoms with Crippen LogP contribution in [0.15, 0.2) is 22.1 Å². The summed E-state index contributed by atoms with van der Waals surface area (Å²) in [6.45, 7) is 7.36. The second kappa shape index (κ2) is 15.2. The molecule has 1 aliphatic rings. The first-order valence-electron chi connectivity index (χ1n) is 8.75. The Kier molecular flexibility index (Phi) is 16.6. The van der Waals surface area contributed by atoms with Crippen LogP contribution in [0.1, 0.15) is 77.0 Å². The van der Waals surface area contributed by atoms with E-state index in [-0.39, 0.29) is 0 Å². The maximum Gasteiger partial charge on any atom is 0.212 e. The molecule has 0 atom stereocenters. The molecule has 0 aromatic rings. The highest BCUT2D eigenvalue weighted by molar-refractivity contribution is 9.27. The molecule has 0 spiro atoms. The Labute approximate surface area is 204 Å². The quantitative estimate of drug-likeness (QED) is 0.261. The molecule has 1 rings (SSSR count). The molecule has 0 bridgehead atoms. The SMILES string of the molecule is C1CCCCCCCCCCC1.C=C(Br)C(Br)(Br)OC(Br)(Br)C(=C)Br. The largest absolute Gasteiger partial charge is 0.316 e. The zero-order valence-corrected chi connectivity index (χ0v) is 24.1. The van der Waals surface area contributed by atoms with E-state index in [1.54, 1.807) is 0 Å². The van der Waals surface area contributed by atoms with Crippen molar-refractivity contribution in [2.45, 2.75) is 83.9 Å². The smallest absolute Gasteiger partial charge is 0.212 e. The molecule has 0 amide bonds. The highest BCUT2D eigenvalue weighted by Crippen LogP contribution is 2.49. The van der Waals surface area contributed by atoms with Crippen LogP contribution in [0.2, 0.25) is 0 Å². The van der Waals surface area contributed by atoms with Gasteiger partial charge in [-0.2, -0.15) is 0 Å². The first-order chi connectivity index (χ1) is 11.6. The summed E-state index contributed by atoms with van der Waals surface area (Å²) in [4.78, 5) is 0. The average Bonchev–Trinajstić information content (AvgIpc) is 2.47. The van der Waals surface area contributed by atoms with E-state index in [9.17, 15) is 0 Å². The number of alkyl halides is 4. The molecule has 1 aliphatic carbocycles. The topological polar surface area (TPSA) is 9.23 Å². The number of hydrogen-bond donors (Lipinski definition) is 0. The van der Waals surface area contributed by atoms with Crippen LogP contribution >= 0.6 is 95.6 Å². The van der Waals surface area contributed by atoms with Crippen molar-refractivity contribution in [3.63, 3.8) is 0 Å². The van der Waals surface area contributed by atoms with Gasteiger partial charge < -0.3 is 4.74 Å². The number of halogens is 6. The van der Waals surface area contributed by atoms with Gasteiger partial charge in [0, 0.05) is 8.96 Å². The Morgan fingerprint density at radius 2 is 0.680 bits per heavy atom. The van der Waals surface area contributed by atoms with E-state index >= 15 is 0 Å². The molecule has 1 nitrogen and oxygen atoms in total. The van der Waals surface area contributed by atoms with E-state index in [2.05, 4.69) is 109 Å². The van der Waals surface area contributed by atoms with E-state index in [1.165, 1.54) is 77.0 Å². The molecule has 0 aromatic heterocycles. The molecule has 1 fully saturated rings. The summed E-state index contributed by atoms with van der Waals surface area (Å²) in [5.74, 6) is 0. The molecule has 0 saturated heterocycles. The van der Waals surface area contributed by atoms with Gasteiger partial charge in [-0.1, -0.05) is 122 Å². The molecule has 25 heavy (non-hydrogen) atoms. The molecule has 0 N–H and O–H groups in total. The molecule has 148 valence electrons. The summed E-state index contributed by atoms with van der Waals surface area (Å²) in [5, 5.41) is 0. The summed E-state index contributed by atoms with van der Waals surface area (Å²) >= 11 is 19.5. The van der Waals surface area contributed by atoms with Crippen molar-refractivity contribution in [2.75, 3.05) is 0 Å². The van der Waals surface area contributed by atoms with Gasteiger partial charge >= 0.3 is 0 Å². The average molecular weight is 740 g/mol. The van der Waals surface area contributed by atoms with Crippen molar-refractivity contribution in [3.05, 3.63) is 22.1 Å². The third-order valence-corrected chi connectivity index (χ3v) is 9.69. The molecule has 0 unspecified atom stereocenters. The molecule has 0 heterocycles. The van der Waals surface area contributed by atoms with Crippen molar-refractivity contribution in [1.82, 2.24) is 0 Å². The van der Waals surface area contributed by atoms with Gasteiger partial charge in [-0.05, 0) is 63.7 Å². The summed E-state index contributed by atoms with van der Waals surface area (Å²) in [6.07, 6.45) is 18.0. The summed E-state index contributed by atoms with van der Waals surface area (Å²) < 4.78 is 4.97. The van der Waals surface area contributed by atoms with E-state index in [0.29, 0.717) is 8.96 Å². The third kappa shape index (κ3) is 14.9. The Balaban J connectivity index is 0.000000462. The van der Waals surface area contributed by atoms with Gasteiger partial charge in [0.15, 0.2) is 0 Å². The van der Waals surface area contributed by atoms with Crippen LogP contribution in [0.25, 0.3) is 0 Å². The van der Waals surface area contributed by atoms with E-state index in [0.717, 1.165) is 0 Å². The third-order valence-electron chi connectivity index (χ3n) is 3.89. The highest BCUT2D eigenvalue weighted by atomic mass is 79.9.